The first kappa shape index (κ1) is 17.8. The predicted octanol–water partition coefficient (Wildman–Crippen LogP) is 5.62. The van der Waals surface area contributed by atoms with Crippen molar-refractivity contribution in [1.29, 1.82) is 0 Å². The van der Waals surface area contributed by atoms with Crippen molar-refractivity contribution in [2.75, 3.05) is 6.61 Å². The average Bonchev–Trinajstić information content (AvgIpc) is 2.85. The Labute approximate surface area is 154 Å². The van der Waals surface area contributed by atoms with E-state index in [4.69, 9.17) is 27.9 Å². The van der Waals surface area contributed by atoms with Gasteiger partial charge in [0.15, 0.2) is 0 Å². The van der Waals surface area contributed by atoms with Gasteiger partial charge in [0.1, 0.15) is 5.82 Å². The number of hydrogen-bond acceptors (Lipinski definition) is 2. The Hall–Kier alpha value is -2.04. The molecule has 0 atom stereocenters. The number of esters is 1. The molecular weight excluding hydrogens is 364 g/mol. The third-order valence-electron chi connectivity index (χ3n) is 3.99. The van der Waals surface area contributed by atoms with E-state index in [2.05, 4.69) is 0 Å². The molecule has 0 bridgehead atoms. The molecule has 0 spiro atoms. The summed E-state index contributed by atoms with van der Waals surface area (Å²) in [6, 6.07) is 7.89. The largest absolute Gasteiger partial charge is 0.462 e. The van der Waals surface area contributed by atoms with Gasteiger partial charge in [-0.1, -0.05) is 29.3 Å². The number of benzene rings is 2. The molecule has 130 valence electrons. The summed E-state index contributed by atoms with van der Waals surface area (Å²) < 4.78 is 20.9. The summed E-state index contributed by atoms with van der Waals surface area (Å²) in [6.07, 6.45) is 1.87. The number of nitrogens with zero attached hydrogens (tertiary/aromatic N) is 1. The van der Waals surface area contributed by atoms with Crippen molar-refractivity contribution in [3.63, 3.8) is 0 Å². The van der Waals surface area contributed by atoms with Crippen LogP contribution in [0, 0.1) is 12.7 Å². The van der Waals surface area contributed by atoms with Gasteiger partial charge in [0.2, 0.25) is 0 Å². The van der Waals surface area contributed by atoms with Gasteiger partial charge in [-0.05, 0) is 49.2 Å². The highest BCUT2D eigenvalue weighted by Gasteiger charge is 2.19. The fourth-order valence-corrected chi connectivity index (χ4v) is 3.37. The van der Waals surface area contributed by atoms with E-state index in [-0.39, 0.29) is 12.2 Å². The molecule has 0 aliphatic rings. The molecule has 0 aliphatic heterocycles. The second kappa shape index (κ2) is 7.06. The molecule has 2 aromatic carbocycles. The zero-order valence-electron chi connectivity index (χ0n) is 13.8. The zero-order valence-corrected chi connectivity index (χ0v) is 15.3. The van der Waals surface area contributed by atoms with Crippen LogP contribution in [0.3, 0.4) is 0 Å². The molecule has 1 heterocycles. The first-order chi connectivity index (χ1) is 11.9. The number of halogens is 3. The second-order valence-electron chi connectivity index (χ2n) is 5.75. The molecule has 3 rings (SSSR count). The van der Waals surface area contributed by atoms with Crippen LogP contribution in [0.1, 0.15) is 28.4 Å². The van der Waals surface area contributed by atoms with E-state index in [0.717, 1.165) is 11.1 Å². The zero-order chi connectivity index (χ0) is 18.1. The number of carbonyl (C=O) groups excluding carboxylic acids is 1. The molecule has 0 saturated carbocycles. The number of ether oxygens (including phenoxy) is 1. The van der Waals surface area contributed by atoms with Crippen LogP contribution in [0.2, 0.25) is 10.0 Å². The molecule has 25 heavy (non-hydrogen) atoms. The lowest BCUT2D eigenvalue weighted by Gasteiger charge is -2.11. The molecular formula is C19H16Cl2FNO2. The maximum Gasteiger partial charge on any atom is 0.340 e. The third-order valence-corrected chi connectivity index (χ3v) is 4.57. The average molecular weight is 380 g/mol. The lowest BCUT2D eigenvalue weighted by molar-refractivity contribution is 0.0527. The van der Waals surface area contributed by atoms with Crippen LogP contribution in [0.15, 0.2) is 36.5 Å². The maximum atomic E-state index is 14.0. The lowest BCUT2D eigenvalue weighted by Crippen LogP contribution is -2.09. The van der Waals surface area contributed by atoms with E-state index < -0.39 is 11.8 Å². The summed E-state index contributed by atoms with van der Waals surface area (Å²) in [5, 5.41) is 1.76. The van der Waals surface area contributed by atoms with Gasteiger partial charge in [0.05, 0.1) is 17.7 Å². The minimum atomic E-state index is -0.548. The van der Waals surface area contributed by atoms with Gasteiger partial charge in [-0.2, -0.15) is 0 Å². The highest BCUT2D eigenvalue weighted by atomic mass is 35.5. The monoisotopic (exact) mass is 379 g/mol. The maximum absolute atomic E-state index is 14.0. The molecule has 3 nitrogen and oxygen atoms in total. The highest BCUT2D eigenvalue weighted by Crippen LogP contribution is 2.29. The van der Waals surface area contributed by atoms with Crippen molar-refractivity contribution >= 4 is 40.1 Å². The molecule has 0 aliphatic carbocycles. The van der Waals surface area contributed by atoms with Crippen molar-refractivity contribution in [3.8, 4) is 0 Å². The fourth-order valence-electron chi connectivity index (χ4n) is 2.90. The standard InChI is InChI=1S/C19H16Cl2FNO2/c1-3-25-19(24)16-8-14(22)7-15-11(2)9-23(18(15)16)10-12-4-5-13(20)6-17(12)21/h4-9H,3,10H2,1-2H3. The molecule has 0 amide bonds. The van der Waals surface area contributed by atoms with Gasteiger partial charge < -0.3 is 9.30 Å². The molecule has 0 saturated heterocycles. The van der Waals surface area contributed by atoms with Crippen LogP contribution in [0.4, 0.5) is 4.39 Å². The number of hydrogen-bond donors (Lipinski definition) is 0. The summed E-state index contributed by atoms with van der Waals surface area (Å²) >= 11 is 12.2. The Balaban J connectivity index is 2.16. The summed E-state index contributed by atoms with van der Waals surface area (Å²) in [5.74, 6) is -1.02. The molecule has 6 heteroatoms. The number of fused-ring (bicyclic) bond motifs is 1. The first-order valence-corrected chi connectivity index (χ1v) is 8.56. The molecule has 0 N–H and O–H groups in total. The van der Waals surface area contributed by atoms with Gasteiger partial charge in [0.25, 0.3) is 0 Å². The van der Waals surface area contributed by atoms with Crippen LogP contribution in [0.25, 0.3) is 10.9 Å². The number of rotatable bonds is 4. The molecule has 3 aromatic rings. The van der Waals surface area contributed by atoms with Gasteiger partial charge in [0, 0.05) is 28.2 Å². The third kappa shape index (κ3) is 3.51. The Morgan fingerprint density at radius 3 is 2.68 bits per heavy atom. The van der Waals surface area contributed by atoms with Gasteiger partial charge in [-0.15, -0.1) is 0 Å². The van der Waals surface area contributed by atoms with Crippen molar-refractivity contribution in [1.82, 2.24) is 4.57 Å². The van der Waals surface area contributed by atoms with E-state index in [1.54, 1.807) is 19.1 Å². The van der Waals surface area contributed by atoms with Crippen LogP contribution < -0.4 is 0 Å². The van der Waals surface area contributed by atoms with E-state index in [9.17, 15) is 9.18 Å². The van der Waals surface area contributed by atoms with Crippen LogP contribution in [-0.4, -0.2) is 17.1 Å². The van der Waals surface area contributed by atoms with E-state index in [1.807, 2.05) is 23.8 Å². The first-order valence-electron chi connectivity index (χ1n) is 7.80. The number of aryl methyl sites for hydroxylation is 1. The van der Waals surface area contributed by atoms with Gasteiger partial charge in [-0.25, -0.2) is 9.18 Å². The van der Waals surface area contributed by atoms with E-state index in [1.165, 1.54) is 12.1 Å². The number of aromatic nitrogens is 1. The quantitative estimate of drug-likeness (QED) is 0.550. The molecule has 0 unspecified atom stereocenters. The van der Waals surface area contributed by atoms with Gasteiger partial charge >= 0.3 is 5.97 Å². The van der Waals surface area contributed by atoms with Crippen molar-refractivity contribution < 1.29 is 13.9 Å². The smallest absolute Gasteiger partial charge is 0.340 e. The van der Waals surface area contributed by atoms with Crippen LogP contribution in [0.5, 0.6) is 0 Å². The van der Waals surface area contributed by atoms with E-state index >= 15 is 0 Å². The Kier molecular flexibility index (Phi) is 5.02. The molecule has 1 aromatic heterocycles. The summed E-state index contributed by atoms with van der Waals surface area (Å²) in [4.78, 5) is 12.3. The fraction of sp³-hybridized carbons (Fsp3) is 0.211. The Morgan fingerprint density at radius 1 is 1.24 bits per heavy atom. The van der Waals surface area contributed by atoms with Crippen molar-refractivity contribution in [2.24, 2.45) is 0 Å². The Morgan fingerprint density at radius 2 is 2.00 bits per heavy atom. The SMILES string of the molecule is CCOC(=O)c1cc(F)cc2c(C)cn(Cc3ccc(Cl)cc3Cl)c12. The van der Waals surface area contributed by atoms with Gasteiger partial charge in [-0.3, -0.25) is 0 Å². The Bertz CT molecular complexity index is 966. The van der Waals surface area contributed by atoms with Crippen molar-refractivity contribution in [3.05, 3.63) is 69.1 Å². The second-order valence-corrected chi connectivity index (χ2v) is 6.59. The minimum absolute atomic E-state index is 0.204. The topological polar surface area (TPSA) is 31.2 Å². The minimum Gasteiger partial charge on any atom is -0.462 e. The molecule has 0 fully saturated rings. The van der Waals surface area contributed by atoms with Crippen LogP contribution in [-0.2, 0) is 11.3 Å². The van der Waals surface area contributed by atoms with Crippen LogP contribution >= 0.6 is 23.2 Å². The summed E-state index contributed by atoms with van der Waals surface area (Å²) in [6.45, 7) is 4.24. The lowest BCUT2D eigenvalue weighted by atomic mass is 10.1. The van der Waals surface area contributed by atoms with Crippen molar-refractivity contribution in [2.45, 2.75) is 20.4 Å². The summed E-state index contributed by atoms with van der Waals surface area (Å²) in [7, 11) is 0. The van der Waals surface area contributed by atoms with E-state index in [0.29, 0.717) is 27.5 Å². The predicted molar refractivity (Wildman–Crippen MR) is 98.2 cm³/mol. The number of carbonyl (C=O) groups is 1. The normalized spacial score (nSPS) is 11.1. The highest BCUT2D eigenvalue weighted by molar-refractivity contribution is 6.35. The molecule has 0 radical (unpaired) electrons. The summed E-state index contributed by atoms with van der Waals surface area (Å²) in [5.41, 5.74) is 2.55.